The number of fused-ring (bicyclic) bond motifs is 1. The van der Waals surface area contributed by atoms with Gasteiger partial charge in [0, 0.05) is 0 Å². The van der Waals surface area contributed by atoms with Crippen molar-refractivity contribution in [3.05, 3.63) is 87.5 Å². The van der Waals surface area contributed by atoms with E-state index in [4.69, 9.17) is 23.2 Å². The number of benzene rings is 3. The van der Waals surface area contributed by atoms with Crippen LogP contribution in [-0.2, 0) is 0 Å². The van der Waals surface area contributed by atoms with Crippen LogP contribution in [0.15, 0.2) is 60.8 Å². The minimum atomic E-state index is -5.05. The fourth-order valence-electron chi connectivity index (χ4n) is 4.58. The number of aromatic nitrogens is 2. The van der Waals surface area contributed by atoms with Crippen molar-refractivity contribution in [3.63, 3.8) is 0 Å². The minimum absolute atomic E-state index is 0.00783. The standard InChI is InChI=1S/C29H27AsCl2F3N3O4/c1-3-10-30(26(39)25-21(31)8-5-9-22(25)32)15-28(42,29(33,34)35)16-36-23-11-17(2)12-24-20(23)14-37-38(24)19-7-4-6-18(13-19)27(40)41/h4-9,11-14,36,42H,3,10,15-16H2,1-2H3,(H,40,41). The molecule has 0 spiro atoms. The van der Waals surface area contributed by atoms with Gasteiger partial charge in [-0.1, -0.05) is 0 Å². The Labute approximate surface area is 254 Å². The maximum absolute atomic E-state index is 14.5. The number of nitrogens with one attached hydrogen (secondary N) is 1. The van der Waals surface area contributed by atoms with Crippen LogP contribution in [0.5, 0.6) is 0 Å². The molecule has 42 heavy (non-hydrogen) atoms. The molecule has 0 fully saturated rings. The van der Waals surface area contributed by atoms with Crippen LogP contribution in [0.4, 0.5) is 18.9 Å². The Hall–Kier alpha value is -3.04. The molecular weight excluding hydrogens is 657 g/mol. The first-order chi connectivity index (χ1) is 19.8. The molecule has 0 radical (unpaired) electrons. The van der Waals surface area contributed by atoms with Gasteiger partial charge in [0.1, 0.15) is 0 Å². The molecule has 0 aliphatic carbocycles. The van der Waals surface area contributed by atoms with Gasteiger partial charge in [0.15, 0.2) is 0 Å². The third-order valence-corrected chi connectivity index (χ3v) is 13.0. The molecule has 0 aliphatic heterocycles. The van der Waals surface area contributed by atoms with Gasteiger partial charge >= 0.3 is 245 Å². The van der Waals surface area contributed by atoms with Crippen LogP contribution in [0.25, 0.3) is 16.6 Å². The Balaban J connectivity index is 1.67. The fourth-order valence-corrected chi connectivity index (χ4v) is 10.7. The average Bonchev–Trinajstić information content (AvgIpc) is 3.34. The van der Waals surface area contributed by atoms with Gasteiger partial charge in [-0.3, -0.25) is 0 Å². The van der Waals surface area contributed by atoms with Crippen LogP contribution in [0.2, 0.25) is 20.5 Å². The summed E-state index contributed by atoms with van der Waals surface area (Å²) in [6, 6.07) is 14.0. The van der Waals surface area contributed by atoms with E-state index in [1.165, 1.54) is 35.1 Å². The number of hydrogen-bond acceptors (Lipinski definition) is 5. The SMILES string of the molecule is CCC[As](CC(O)(CNc1cc(C)cc2c1cnn2-c1cccc(C(=O)O)c1)C(F)(F)F)C(=O)c1c(Cl)cccc1Cl. The second-order valence-electron chi connectivity index (χ2n) is 9.86. The zero-order valence-corrected chi connectivity index (χ0v) is 25.9. The number of carboxylic acid groups (broad SMARTS) is 1. The third kappa shape index (κ3) is 6.62. The van der Waals surface area contributed by atoms with Gasteiger partial charge in [0.2, 0.25) is 0 Å². The second-order valence-corrected chi connectivity index (χ2v) is 15.4. The van der Waals surface area contributed by atoms with E-state index in [-0.39, 0.29) is 26.4 Å². The molecular formula is C29H27AsCl2F3N3O4. The Bertz CT molecular complexity index is 1630. The monoisotopic (exact) mass is 683 g/mol. The second kappa shape index (κ2) is 12.7. The number of aryl methyl sites for hydroxylation is 1. The summed E-state index contributed by atoms with van der Waals surface area (Å²) in [4.78, 5) is 24.9. The maximum atomic E-state index is 14.5. The number of carbonyl (C=O) groups excluding carboxylic acids is 1. The quantitative estimate of drug-likeness (QED) is 0.143. The van der Waals surface area contributed by atoms with Crippen LogP contribution < -0.4 is 5.32 Å². The van der Waals surface area contributed by atoms with Crippen LogP contribution in [0, 0.1) is 6.92 Å². The van der Waals surface area contributed by atoms with E-state index in [0.717, 1.165) is 0 Å². The van der Waals surface area contributed by atoms with Gasteiger partial charge in [-0.2, -0.15) is 0 Å². The van der Waals surface area contributed by atoms with Crippen molar-refractivity contribution in [2.75, 3.05) is 11.9 Å². The van der Waals surface area contributed by atoms with E-state index in [9.17, 15) is 33.0 Å². The van der Waals surface area contributed by atoms with Crippen molar-refractivity contribution in [2.45, 2.75) is 42.5 Å². The van der Waals surface area contributed by atoms with Crippen molar-refractivity contribution in [1.29, 1.82) is 0 Å². The Kier molecular flexibility index (Phi) is 9.62. The number of hydrogen-bond donors (Lipinski definition) is 3. The van der Waals surface area contributed by atoms with Crippen LogP contribution in [-0.4, -0.2) is 63.5 Å². The zero-order valence-electron chi connectivity index (χ0n) is 22.5. The summed E-state index contributed by atoms with van der Waals surface area (Å²) >= 11 is 9.35. The Morgan fingerprint density at radius 2 is 1.74 bits per heavy atom. The topological polar surface area (TPSA) is 104 Å². The van der Waals surface area contributed by atoms with E-state index >= 15 is 0 Å². The van der Waals surface area contributed by atoms with Gasteiger partial charge in [-0.05, 0) is 0 Å². The molecule has 2 unspecified atom stereocenters. The average molecular weight is 684 g/mol. The molecule has 1 aromatic heterocycles. The molecule has 2 atom stereocenters. The summed E-state index contributed by atoms with van der Waals surface area (Å²) in [5.74, 6) is -1.11. The Morgan fingerprint density at radius 1 is 1.07 bits per heavy atom. The number of aliphatic hydroxyl groups is 1. The molecule has 4 aromatic rings. The first-order valence-corrected chi connectivity index (χ1v) is 17.2. The number of nitrogens with zero attached hydrogens (tertiary/aromatic N) is 2. The number of carbonyl (C=O) groups is 2. The van der Waals surface area contributed by atoms with Gasteiger partial charge in [-0.15, -0.1) is 0 Å². The first kappa shape index (κ1) is 31.9. The summed E-state index contributed by atoms with van der Waals surface area (Å²) < 4.78 is 44.3. The van der Waals surface area contributed by atoms with Gasteiger partial charge in [0.25, 0.3) is 0 Å². The predicted molar refractivity (Wildman–Crippen MR) is 159 cm³/mol. The van der Waals surface area contributed by atoms with Crippen LogP contribution >= 0.6 is 23.2 Å². The van der Waals surface area contributed by atoms with Crippen molar-refractivity contribution in [3.8, 4) is 5.69 Å². The molecule has 222 valence electrons. The van der Waals surface area contributed by atoms with Gasteiger partial charge < -0.3 is 5.11 Å². The molecule has 3 aromatic carbocycles. The molecule has 0 bridgehead atoms. The number of aromatic carboxylic acids is 1. The number of halogens is 5. The molecule has 0 amide bonds. The summed E-state index contributed by atoms with van der Waals surface area (Å²) in [5, 5.41) is 27.6. The molecule has 4 rings (SSSR count). The first-order valence-electron chi connectivity index (χ1n) is 12.8. The predicted octanol–water partition coefficient (Wildman–Crippen LogP) is 7.37. The van der Waals surface area contributed by atoms with Gasteiger partial charge in [-0.25, -0.2) is 4.79 Å². The summed E-state index contributed by atoms with van der Waals surface area (Å²) in [7, 11) is 0. The van der Waals surface area contributed by atoms with E-state index in [2.05, 4.69) is 10.4 Å². The van der Waals surface area contributed by atoms with E-state index in [0.29, 0.717) is 34.3 Å². The molecule has 13 heteroatoms. The number of alkyl halides is 3. The van der Waals surface area contributed by atoms with Crippen molar-refractivity contribution < 1.29 is 33.0 Å². The number of rotatable bonds is 11. The molecule has 0 saturated carbocycles. The third-order valence-electron chi connectivity index (χ3n) is 6.68. The van der Waals surface area contributed by atoms with E-state index in [1.54, 1.807) is 44.2 Å². The number of carboxylic acids is 1. The normalized spacial score (nSPS) is 14.0. The summed E-state index contributed by atoms with van der Waals surface area (Å²) in [5.41, 5.74) is -1.20. The fraction of sp³-hybridized carbons (Fsp3) is 0.276. The Morgan fingerprint density at radius 3 is 2.36 bits per heavy atom. The van der Waals surface area contributed by atoms with Crippen molar-refractivity contribution in [1.82, 2.24) is 9.78 Å². The summed E-state index contributed by atoms with van der Waals surface area (Å²) in [6.07, 6.45) is -3.14. The van der Waals surface area contributed by atoms with Crippen molar-refractivity contribution in [2.24, 2.45) is 0 Å². The van der Waals surface area contributed by atoms with Crippen LogP contribution in [0.3, 0.4) is 0 Å². The van der Waals surface area contributed by atoms with Gasteiger partial charge in [0.05, 0.1) is 0 Å². The van der Waals surface area contributed by atoms with Crippen LogP contribution in [0.1, 0.15) is 39.6 Å². The summed E-state index contributed by atoms with van der Waals surface area (Å²) in [6.45, 7) is 2.61. The van der Waals surface area contributed by atoms with E-state index < -0.39 is 48.7 Å². The zero-order chi connectivity index (χ0) is 30.8. The molecule has 7 nitrogen and oxygen atoms in total. The van der Waals surface area contributed by atoms with E-state index in [1.807, 2.05) is 0 Å². The molecule has 0 aliphatic rings. The molecule has 1 heterocycles. The molecule has 3 N–H and O–H groups in total. The van der Waals surface area contributed by atoms with Crippen molar-refractivity contribution >= 4 is 65.0 Å². The number of anilines is 1. The molecule has 0 saturated heterocycles.